The van der Waals surface area contributed by atoms with Crippen molar-refractivity contribution in [2.75, 3.05) is 18.0 Å². The van der Waals surface area contributed by atoms with Gasteiger partial charge in [-0.1, -0.05) is 12.2 Å². The van der Waals surface area contributed by atoms with E-state index in [2.05, 4.69) is 20.8 Å². The van der Waals surface area contributed by atoms with Crippen molar-refractivity contribution in [3.05, 3.63) is 28.2 Å². The Kier molecular flexibility index (Phi) is 3.47. The van der Waals surface area contributed by atoms with Gasteiger partial charge in [-0.15, -0.1) is 0 Å². The Morgan fingerprint density at radius 3 is 2.81 bits per heavy atom. The molecule has 5 heteroatoms. The average Bonchev–Trinajstić information content (AvgIpc) is 2.64. The molecule has 1 aromatic rings. The van der Waals surface area contributed by atoms with E-state index < -0.39 is 0 Å². The standard InChI is InChI=1S/C11H13BrN2OS/c12-10-5-7(1-2-9(10)11(13)16)14-4-3-8(15)6-14/h1-2,5,8,15H,3-4,6H2,(H2,13,16). The molecule has 1 saturated heterocycles. The van der Waals surface area contributed by atoms with E-state index >= 15 is 0 Å². The number of halogens is 1. The number of rotatable bonds is 2. The van der Waals surface area contributed by atoms with Crippen LogP contribution in [0.2, 0.25) is 0 Å². The van der Waals surface area contributed by atoms with Gasteiger partial charge in [-0.25, -0.2) is 0 Å². The lowest BCUT2D eigenvalue weighted by Crippen LogP contribution is -2.21. The van der Waals surface area contributed by atoms with Gasteiger partial charge in [0.2, 0.25) is 0 Å². The number of β-amino-alcohol motifs (C(OH)–C–C–N with tert-alkyl or cyclic N) is 1. The molecule has 16 heavy (non-hydrogen) atoms. The lowest BCUT2D eigenvalue weighted by Gasteiger charge is -2.18. The molecule has 0 amide bonds. The van der Waals surface area contributed by atoms with Gasteiger partial charge >= 0.3 is 0 Å². The molecule has 1 aliphatic rings. The molecular formula is C11H13BrN2OS. The topological polar surface area (TPSA) is 49.5 Å². The van der Waals surface area contributed by atoms with E-state index in [-0.39, 0.29) is 6.10 Å². The number of hydrogen-bond acceptors (Lipinski definition) is 3. The van der Waals surface area contributed by atoms with Crippen molar-refractivity contribution >= 4 is 38.8 Å². The fourth-order valence-electron chi connectivity index (χ4n) is 1.88. The maximum atomic E-state index is 9.48. The van der Waals surface area contributed by atoms with Crippen LogP contribution in [0.1, 0.15) is 12.0 Å². The SMILES string of the molecule is NC(=S)c1ccc(N2CCC(O)C2)cc1Br. The molecule has 1 fully saturated rings. The first-order valence-corrected chi connectivity index (χ1v) is 6.30. The monoisotopic (exact) mass is 300 g/mol. The molecule has 1 atom stereocenters. The first-order chi connectivity index (χ1) is 7.58. The Balaban J connectivity index is 2.24. The largest absolute Gasteiger partial charge is 0.391 e. The van der Waals surface area contributed by atoms with Gasteiger partial charge in [0.1, 0.15) is 4.99 Å². The van der Waals surface area contributed by atoms with Crippen molar-refractivity contribution in [1.82, 2.24) is 0 Å². The smallest absolute Gasteiger partial charge is 0.105 e. The minimum absolute atomic E-state index is 0.214. The molecule has 0 saturated carbocycles. The second-order valence-electron chi connectivity index (χ2n) is 3.92. The van der Waals surface area contributed by atoms with Crippen LogP contribution in [0.15, 0.2) is 22.7 Å². The van der Waals surface area contributed by atoms with Crippen LogP contribution in [0, 0.1) is 0 Å². The highest BCUT2D eigenvalue weighted by Crippen LogP contribution is 2.26. The van der Waals surface area contributed by atoms with Crippen LogP contribution >= 0.6 is 28.1 Å². The predicted octanol–water partition coefficient (Wildman–Crippen LogP) is 1.65. The highest BCUT2D eigenvalue weighted by Gasteiger charge is 2.20. The second-order valence-corrected chi connectivity index (χ2v) is 5.21. The molecule has 2 rings (SSSR count). The number of anilines is 1. The molecule has 1 aromatic carbocycles. The Morgan fingerprint density at radius 1 is 1.56 bits per heavy atom. The number of nitrogens with zero attached hydrogens (tertiary/aromatic N) is 1. The summed E-state index contributed by atoms with van der Waals surface area (Å²) < 4.78 is 0.902. The van der Waals surface area contributed by atoms with Gasteiger partial charge in [0.25, 0.3) is 0 Å². The van der Waals surface area contributed by atoms with Crippen LogP contribution < -0.4 is 10.6 Å². The fraction of sp³-hybridized carbons (Fsp3) is 0.364. The van der Waals surface area contributed by atoms with Gasteiger partial charge < -0.3 is 15.7 Å². The van der Waals surface area contributed by atoms with E-state index in [1.165, 1.54) is 0 Å². The van der Waals surface area contributed by atoms with Gasteiger partial charge in [0, 0.05) is 28.8 Å². The minimum Gasteiger partial charge on any atom is -0.391 e. The number of aliphatic hydroxyl groups is 1. The van der Waals surface area contributed by atoms with Crippen LogP contribution in [0.4, 0.5) is 5.69 Å². The number of aliphatic hydroxyl groups excluding tert-OH is 1. The van der Waals surface area contributed by atoms with E-state index in [0.29, 0.717) is 11.5 Å². The summed E-state index contributed by atoms with van der Waals surface area (Å²) in [6.07, 6.45) is 0.614. The summed E-state index contributed by atoms with van der Waals surface area (Å²) in [4.78, 5) is 2.54. The zero-order valence-corrected chi connectivity index (χ0v) is 11.1. The Morgan fingerprint density at radius 2 is 2.31 bits per heavy atom. The molecule has 0 aliphatic carbocycles. The number of benzene rings is 1. The van der Waals surface area contributed by atoms with Gasteiger partial charge in [-0.2, -0.15) is 0 Å². The first-order valence-electron chi connectivity index (χ1n) is 5.10. The van der Waals surface area contributed by atoms with E-state index in [1.807, 2.05) is 18.2 Å². The summed E-state index contributed by atoms with van der Waals surface area (Å²) in [6.45, 7) is 1.58. The van der Waals surface area contributed by atoms with Crippen LogP contribution in [-0.4, -0.2) is 29.3 Å². The maximum Gasteiger partial charge on any atom is 0.105 e. The number of nitrogens with two attached hydrogens (primary N) is 1. The molecule has 3 nitrogen and oxygen atoms in total. The maximum absolute atomic E-state index is 9.48. The molecule has 86 valence electrons. The Bertz CT molecular complexity index is 424. The van der Waals surface area contributed by atoms with Crippen molar-refractivity contribution in [3.63, 3.8) is 0 Å². The van der Waals surface area contributed by atoms with Crippen molar-refractivity contribution in [3.8, 4) is 0 Å². The summed E-state index contributed by atoms with van der Waals surface area (Å²) in [5.74, 6) is 0. The van der Waals surface area contributed by atoms with Crippen molar-refractivity contribution < 1.29 is 5.11 Å². The van der Waals surface area contributed by atoms with E-state index in [1.54, 1.807) is 0 Å². The third-order valence-corrected chi connectivity index (χ3v) is 3.62. The molecule has 0 radical (unpaired) electrons. The van der Waals surface area contributed by atoms with Gasteiger partial charge in [-0.3, -0.25) is 0 Å². The van der Waals surface area contributed by atoms with Gasteiger partial charge in [-0.05, 0) is 40.5 Å². The van der Waals surface area contributed by atoms with E-state index in [9.17, 15) is 5.11 Å². The van der Waals surface area contributed by atoms with E-state index in [0.717, 1.165) is 28.7 Å². The van der Waals surface area contributed by atoms with Crippen LogP contribution in [0.5, 0.6) is 0 Å². The van der Waals surface area contributed by atoms with Gasteiger partial charge in [0.05, 0.1) is 6.10 Å². The van der Waals surface area contributed by atoms with Crippen molar-refractivity contribution in [2.24, 2.45) is 5.73 Å². The van der Waals surface area contributed by atoms with Gasteiger partial charge in [0.15, 0.2) is 0 Å². The summed E-state index contributed by atoms with van der Waals surface area (Å²) >= 11 is 8.39. The zero-order chi connectivity index (χ0) is 11.7. The second kappa shape index (κ2) is 4.69. The van der Waals surface area contributed by atoms with Crippen molar-refractivity contribution in [2.45, 2.75) is 12.5 Å². The fourth-order valence-corrected chi connectivity index (χ4v) is 2.77. The summed E-state index contributed by atoms with van der Waals surface area (Å²) in [5.41, 5.74) is 7.52. The van der Waals surface area contributed by atoms with Crippen molar-refractivity contribution in [1.29, 1.82) is 0 Å². The van der Waals surface area contributed by atoms with E-state index in [4.69, 9.17) is 18.0 Å². The average molecular weight is 301 g/mol. The van der Waals surface area contributed by atoms with Crippen LogP contribution in [0.25, 0.3) is 0 Å². The highest BCUT2D eigenvalue weighted by atomic mass is 79.9. The lowest BCUT2D eigenvalue weighted by molar-refractivity contribution is 0.198. The molecule has 3 N–H and O–H groups in total. The number of thiocarbonyl (C=S) groups is 1. The normalized spacial score (nSPS) is 20.1. The van der Waals surface area contributed by atoms with Crippen LogP contribution in [-0.2, 0) is 0 Å². The minimum atomic E-state index is -0.214. The molecule has 1 heterocycles. The first kappa shape index (κ1) is 11.8. The molecule has 0 spiro atoms. The lowest BCUT2D eigenvalue weighted by atomic mass is 10.2. The third kappa shape index (κ3) is 2.36. The summed E-state index contributed by atoms with van der Waals surface area (Å²) in [6, 6.07) is 5.89. The zero-order valence-electron chi connectivity index (χ0n) is 8.69. The Hall–Kier alpha value is -0.650. The third-order valence-electron chi connectivity index (χ3n) is 2.75. The molecule has 1 aliphatic heterocycles. The van der Waals surface area contributed by atoms with Crippen LogP contribution in [0.3, 0.4) is 0 Å². The Labute approximate surface area is 108 Å². The molecule has 0 bridgehead atoms. The highest BCUT2D eigenvalue weighted by molar-refractivity contribution is 9.10. The molecular weight excluding hydrogens is 288 g/mol. The molecule has 0 aromatic heterocycles. The summed E-state index contributed by atoms with van der Waals surface area (Å²) in [7, 11) is 0. The molecule has 1 unspecified atom stereocenters. The number of hydrogen-bond donors (Lipinski definition) is 2. The summed E-state index contributed by atoms with van der Waals surface area (Å²) in [5, 5.41) is 9.48. The predicted molar refractivity (Wildman–Crippen MR) is 72.9 cm³/mol. The quantitative estimate of drug-likeness (QED) is 0.816.